The molecule has 0 aliphatic carbocycles. The number of Topliss-reactive ketones (excluding diaryl/α,β-unsaturated/α-hetero) is 1. The maximum Gasteiger partial charge on any atom is 0.327 e. The number of hydrogen-bond donors (Lipinski definition) is 3. The average Bonchev–Trinajstić information content (AvgIpc) is 1.98. The molecular weight excluding hydrogens is 182 g/mol. The fourth-order valence-electron chi connectivity index (χ4n) is 0.445. The maximum absolute atomic E-state index is 10.7. The zero-order chi connectivity index (χ0) is 9.72. The zero-order valence-electron chi connectivity index (χ0n) is 6.40. The molecule has 0 rings (SSSR count). The molecule has 1 amide bonds. The van der Waals surface area contributed by atoms with Gasteiger partial charge in [0.2, 0.25) is 5.78 Å². The lowest BCUT2D eigenvalue weighted by molar-refractivity contribution is -0.143. The van der Waals surface area contributed by atoms with Crippen LogP contribution in [0.5, 0.6) is 0 Å². The summed E-state index contributed by atoms with van der Waals surface area (Å²) in [4.78, 5) is 31.4. The summed E-state index contributed by atoms with van der Waals surface area (Å²) in [6.07, 6.45) is 0. The quantitative estimate of drug-likeness (QED) is 0.396. The summed E-state index contributed by atoms with van der Waals surface area (Å²) < 4.78 is 0. The van der Waals surface area contributed by atoms with Crippen molar-refractivity contribution in [2.75, 3.05) is 5.75 Å². The molecule has 0 spiro atoms. The van der Waals surface area contributed by atoms with Crippen LogP contribution < -0.4 is 5.32 Å². The molecule has 0 bridgehead atoms. The molecule has 1 atom stereocenters. The molecule has 0 aromatic rings. The lowest BCUT2D eigenvalue weighted by atomic mass is 10.3. The average molecular weight is 191 g/mol. The minimum Gasteiger partial charge on any atom is -0.480 e. The number of rotatable bonds is 4. The molecule has 68 valence electrons. The SMILES string of the molecule is CC(=O)C(=O)N[C@@H](CS)C(=O)O. The van der Waals surface area contributed by atoms with E-state index in [1.54, 1.807) is 0 Å². The van der Waals surface area contributed by atoms with Gasteiger partial charge in [0, 0.05) is 12.7 Å². The molecule has 0 saturated carbocycles. The second-order valence-corrected chi connectivity index (χ2v) is 2.47. The highest BCUT2D eigenvalue weighted by Crippen LogP contribution is 1.88. The van der Waals surface area contributed by atoms with Gasteiger partial charge < -0.3 is 10.4 Å². The van der Waals surface area contributed by atoms with Crippen molar-refractivity contribution >= 4 is 30.3 Å². The van der Waals surface area contributed by atoms with E-state index in [4.69, 9.17) is 5.11 Å². The van der Waals surface area contributed by atoms with Crippen molar-refractivity contribution in [3.8, 4) is 0 Å². The van der Waals surface area contributed by atoms with Crippen molar-refractivity contribution in [3.63, 3.8) is 0 Å². The van der Waals surface area contributed by atoms with E-state index in [9.17, 15) is 14.4 Å². The standard InChI is InChI=1S/C6H9NO4S/c1-3(8)5(9)7-4(2-12)6(10)11/h4,12H,2H2,1H3,(H,7,9)(H,10,11)/t4-/m0/s1. The normalized spacial score (nSPS) is 11.8. The number of nitrogens with one attached hydrogen (secondary N) is 1. The monoisotopic (exact) mass is 191 g/mol. The van der Waals surface area contributed by atoms with Gasteiger partial charge >= 0.3 is 5.97 Å². The van der Waals surface area contributed by atoms with Crippen LogP contribution in [0, 0.1) is 0 Å². The number of carbonyl (C=O) groups is 3. The van der Waals surface area contributed by atoms with Crippen LogP contribution in [0.2, 0.25) is 0 Å². The summed E-state index contributed by atoms with van der Waals surface area (Å²) in [6.45, 7) is 1.06. The lowest BCUT2D eigenvalue weighted by Gasteiger charge is -2.09. The third-order valence-corrected chi connectivity index (χ3v) is 1.47. The van der Waals surface area contributed by atoms with Crippen molar-refractivity contribution in [1.29, 1.82) is 0 Å². The summed E-state index contributed by atoms with van der Waals surface area (Å²) >= 11 is 3.69. The maximum atomic E-state index is 10.7. The van der Waals surface area contributed by atoms with Crippen LogP contribution in [0.25, 0.3) is 0 Å². The van der Waals surface area contributed by atoms with Gasteiger partial charge in [-0.15, -0.1) is 0 Å². The first kappa shape index (κ1) is 11.0. The molecule has 0 aliphatic rings. The van der Waals surface area contributed by atoms with Crippen LogP contribution in [0.15, 0.2) is 0 Å². The third kappa shape index (κ3) is 3.38. The molecule has 0 saturated heterocycles. The smallest absolute Gasteiger partial charge is 0.327 e. The highest BCUT2D eigenvalue weighted by Gasteiger charge is 2.19. The van der Waals surface area contributed by atoms with E-state index < -0.39 is 23.7 Å². The van der Waals surface area contributed by atoms with Crippen LogP contribution in [0.3, 0.4) is 0 Å². The first-order valence-corrected chi connectivity index (χ1v) is 3.77. The summed E-state index contributed by atoms with van der Waals surface area (Å²) in [5, 5.41) is 10.4. The summed E-state index contributed by atoms with van der Waals surface area (Å²) in [7, 11) is 0. The molecule has 0 radical (unpaired) electrons. The fourth-order valence-corrected chi connectivity index (χ4v) is 0.693. The van der Waals surface area contributed by atoms with Crippen LogP contribution in [0.4, 0.5) is 0 Å². The Kier molecular flexibility index (Phi) is 4.35. The highest BCUT2D eigenvalue weighted by molar-refractivity contribution is 7.80. The van der Waals surface area contributed by atoms with Crippen LogP contribution in [0.1, 0.15) is 6.92 Å². The summed E-state index contributed by atoms with van der Waals surface area (Å²) in [5.74, 6) is -2.88. The largest absolute Gasteiger partial charge is 0.480 e. The molecule has 0 unspecified atom stereocenters. The number of amides is 1. The second-order valence-electron chi connectivity index (χ2n) is 2.10. The van der Waals surface area contributed by atoms with E-state index in [2.05, 4.69) is 12.6 Å². The van der Waals surface area contributed by atoms with Gasteiger partial charge in [-0.25, -0.2) is 4.79 Å². The first-order chi connectivity index (χ1) is 5.49. The predicted octanol–water partition coefficient (Wildman–Crippen LogP) is -0.925. The Morgan fingerprint density at radius 2 is 2.00 bits per heavy atom. The minimum atomic E-state index is -1.21. The zero-order valence-corrected chi connectivity index (χ0v) is 7.30. The Morgan fingerprint density at radius 1 is 1.50 bits per heavy atom. The third-order valence-electron chi connectivity index (χ3n) is 1.11. The molecule has 0 aliphatic heterocycles. The number of carbonyl (C=O) groups excluding carboxylic acids is 2. The first-order valence-electron chi connectivity index (χ1n) is 3.14. The van der Waals surface area contributed by atoms with E-state index in [0.717, 1.165) is 6.92 Å². The Balaban J connectivity index is 4.12. The predicted molar refractivity (Wildman–Crippen MR) is 44.1 cm³/mol. The van der Waals surface area contributed by atoms with Crippen molar-refractivity contribution in [2.45, 2.75) is 13.0 Å². The lowest BCUT2D eigenvalue weighted by Crippen LogP contribution is -2.44. The molecule has 0 aromatic carbocycles. The Morgan fingerprint density at radius 3 is 2.25 bits per heavy atom. The van der Waals surface area contributed by atoms with Gasteiger partial charge in [-0.2, -0.15) is 12.6 Å². The Hall–Kier alpha value is -1.04. The van der Waals surface area contributed by atoms with Gasteiger partial charge in [-0.1, -0.05) is 0 Å². The number of ketones is 1. The van der Waals surface area contributed by atoms with E-state index >= 15 is 0 Å². The van der Waals surface area contributed by atoms with Gasteiger partial charge in [-0.3, -0.25) is 9.59 Å². The van der Waals surface area contributed by atoms with Gasteiger partial charge in [0.05, 0.1) is 0 Å². The molecule has 0 fully saturated rings. The van der Waals surface area contributed by atoms with Crippen molar-refractivity contribution in [1.82, 2.24) is 5.32 Å². The van der Waals surface area contributed by atoms with Gasteiger partial charge in [-0.05, 0) is 0 Å². The topological polar surface area (TPSA) is 83.5 Å². The van der Waals surface area contributed by atoms with E-state index in [1.165, 1.54) is 0 Å². The van der Waals surface area contributed by atoms with Crippen molar-refractivity contribution in [3.05, 3.63) is 0 Å². The summed E-state index contributed by atoms with van der Waals surface area (Å²) in [6, 6.07) is -1.11. The molecule has 0 aromatic heterocycles. The molecule has 6 heteroatoms. The number of carboxylic acid groups (broad SMARTS) is 1. The Labute approximate surface area is 74.5 Å². The molecule has 5 nitrogen and oxygen atoms in total. The van der Waals surface area contributed by atoms with E-state index in [1.807, 2.05) is 5.32 Å². The highest BCUT2D eigenvalue weighted by atomic mass is 32.1. The number of hydrogen-bond acceptors (Lipinski definition) is 4. The van der Waals surface area contributed by atoms with Gasteiger partial charge in [0.25, 0.3) is 5.91 Å². The number of carboxylic acids is 1. The van der Waals surface area contributed by atoms with Gasteiger partial charge in [0.1, 0.15) is 6.04 Å². The van der Waals surface area contributed by atoms with Crippen LogP contribution in [-0.4, -0.2) is 34.6 Å². The fraction of sp³-hybridized carbons (Fsp3) is 0.500. The number of aliphatic carboxylic acids is 1. The van der Waals surface area contributed by atoms with Crippen LogP contribution in [-0.2, 0) is 14.4 Å². The van der Waals surface area contributed by atoms with Crippen LogP contribution >= 0.6 is 12.6 Å². The van der Waals surface area contributed by atoms with Gasteiger partial charge in [0.15, 0.2) is 0 Å². The van der Waals surface area contributed by atoms with E-state index in [0.29, 0.717) is 0 Å². The summed E-state index contributed by atoms with van der Waals surface area (Å²) in [5.41, 5.74) is 0. The van der Waals surface area contributed by atoms with E-state index in [-0.39, 0.29) is 5.75 Å². The second kappa shape index (κ2) is 4.76. The molecule has 2 N–H and O–H groups in total. The number of thiol groups is 1. The van der Waals surface area contributed by atoms with Crippen molar-refractivity contribution in [2.24, 2.45) is 0 Å². The van der Waals surface area contributed by atoms with Crippen molar-refractivity contribution < 1.29 is 19.5 Å². The Bertz CT molecular complexity index is 216. The molecule has 0 heterocycles. The molecule has 12 heavy (non-hydrogen) atoms. The minimum absolute atomic E-state index is 0.0473. The molecular formula is C6H9NO4S.